The van der Waals surface area contributed by atoms with E-state index in [1.165, 1.54) is 28.4 Å². The van der Waals surface area contributed by atoms with Crippen molar-refractivity contribution in [3.63, 3.8) is 0 Å². The molecule has 0 saturated carbocycles. The number of amides is 1. The molecule has 104 valence electrons. The highest BCUT2D eigenvalue weighted by Gasteiger charge is 2.19. The number of carboxylic acids is 1. The Morgan fingerprint density at radius 3 is 2.25 bits per heavy atom. The lowest BCUT2D eigenvalue weighted by molar-refractivity contribution is 0.0696. The summed E-state index contributed by atoms with van der Waals surface area (Å²) in [7, 11) is 1.65. The molecule has 2 rings (SSSR count). The van der Waals surface area contributed by atoms with Gasteiger partial charge in [-0.1, -0.05) is 0 Å². The van der Waals surface area contributed by atoms with Crippen molar-refractivity contribution in [2.24, 2.45) is 0 Å². The zero-order valence-electron chi connectivity index (χ0n) is 10.3. The first-order chi connectivity index (χ1) is 9.40. The second-order valence-electron chi connectivity index (χ2n) is 3.95. The van der Waals surface area contributed by atoms with E-state index in [-0.39, 0.29) is 11.5 Å². The van der Waals surface area contributed by atoms with E-state index in [9.17, 15) is 9.59 Å². The highest BCUT2D eigenvalue weighted by Crippen LogP contribution is 2.33. The average molecular weight is 419 g/mol. The number of anilines is 1. The van der Waals surface area contributed by atoms with Gasteiger partial charge in [0.1, 0.15) is 0 Å². The van der Waals surface area contributed by atoms with E-state index in [2.05, 4.69) is 31.9 Å². The van der Waals surface area contributed by atoms with Crippen LogP contribution >= 0.6 is 43.2 Å². The molecule has 20 heavy (non-hydrogen) atoms. The van der Waals surface area contributed by atoms with Gasteiger partial charge >= 0.3 is 5.97 Å². The van der Waals surface area contributed by atoms with Gasteiger partial charge in [0, 0.05) is 12.7 Å². The van der Waals surface area contributed by atoms with Gasteiger partial charge in [-0.05, 0) is 62.2 Å². The molecule has 0 atom stereocenters. The minimum Gasteiger partial charge on any atom is -0.478 e. The molecule has 0 fully saturated rings. The SMILES string of the molecule is CN(C(=O)c1cc(Br)sc1Br)c1ccc(C(=O)O)cc1. The number of carbonyl (C=O) groups excluding carboxylic acids is 1. The predicted octanol–water partition coefficient (Wildman–Crippen LogP) is 4.25. The zero-order chi connectivity index (χ0) is 14.9. The summed E-state index contributed by atoms with van der Waals surface area (Å²) in [6, 6.07) is 7.91. The first-order valence-electron chi connectivity index (χ1n) is 5.46. The van der Waals surface area contributed by atoms with Crippen LogP contribution in [0.5, 0.6) is 0 Å². The molecular formula is C13H9Br2NO3S. The van der Waals surface area contributed by atoms with Gasteiger partial charge in [-0.25, -0.2) is 4.79 Å². The van der Waals surface area contributed by atoms with Gasteiger partial charge in [0.25, 0.3) is 5.91 Å². The molecule has 0 aliphatic carbocycles. The van der Waals surface area contributed by atoms with E-state index in [1.54, 1.807) is 25.2 Å². The molecule has 0 radical (unpaired) electrons. The average Bonchev–Trinajstić information content (AvgIpc) is 2.76. The summed E-state index contributed by atoms with van der Waals surface area (Å²) >= 11 is 8.11. The highest BCUT2D eigenvalue weighted by molar-refractivity contribution is 9.12. The molecule has 0 saturated heterocycles. The van der Waals surface area contributed by atoms with Crippen molar-refractivity contribution in [3.8, 4) is 0 Å². The number of carboxylic acid groups (broad SMARTS) is 1. The number of rotatable bonds is 3. The van der Waals surface area contributed by atoms with Gasteiger partial charge in [-0.15, -0.1) is 11.3 Å². The second-order valence-corrected chi connectivity index (χ2v) is 7.70. The third kappa shape index (κ3) is 3.11. The number of halogens is 2. The molecule has 1 amide bonds. The van der Waals surface area contributed by atoms with Gasteiger partial charge in [-0.3, -0.25) is 4.79 Å². The fraction of sp³-hybridized carbons (Fsp3) is 0.0769. The lowest BCUT2D eigenvalue weighted by Gasteiger charge is -2.17. The number of hydrogen-bond acceptors (Lipinski definition) is 3. The van der Waals surface area contributed by atoms with E-state index in [4.69, 9.17) is 5.11 Å². The van der Waals surface area contributed by atoms with Crippen molar-refractivity contribution in [1.82, 2.24) is 0 Å². The Morgan fingerprint density at radius 1 is 1.20 bits per heavy atom. The maximum Gasteiger partial charge on any atom is 0.335 e. The number of thiophene rings is 1. The number of carbonyl (C=O) groups is 2. The molecule has 1 heterocycles. The van der Waals surface area contributed by atoms with Crippen molar-refractivity contribution < 1.29 is 14.7 Å². The van der Waals surface area contributed by atoms with Crippen molar-refractivity contribution >= 4 is 60.8 Å². The quantitative estimate of drug-likeness (QED) is 0.810. The molecule has 0 aliphatic rings. The molecule has 4 nitrogen and oxygen atoms in total. The van der Waals surface area contributed by atoms with Crippen LogP contribution in [-0.2, 0) is 0 Å². The first kappa shape index (κ1) is 15.2. The number of aromatic carboxylic acids is 1. The van der Waals surface area contributed by atoms with Gasteiger partial charge in [0.15, 0.2) is 0 Å². The van der Waals surface area contributed by atoms with E-state index in [1.807, 2.05) is 0 Å². The highest BCUT2D eigenvalue weighted by atomic mass is 79.9. The van der Waals surface area contributed by atoms with E-state index in [0.717, 1.165) is 7.57 Å². The smallest absolute Gasteiger partial charge is 0.335 e. The van der Waals surface area contributed by atoms with Crippen LogP contribution in [0.4, 0.5) is 5.69 Å². The molecule has 1 aromatic heterocycles. The largest absolute Gasteiger partial charge is 0.478 e. The topological polar surface area (TPSA) is 57.6 Å². The predicted molar refractivity (Wildman–Crippen MR) is 85.9 cm³/mol. The monoisotopic (exact) mass is 417 g/mol. The zero-order valence-corrected chi connectivity index (χ0v) is 14.3. The lowest BCUT2D eigenvalue weighted by Crippen LogP contribution is -2.26. The molecule has 0 bridgehead atoms. The van der Waals surface area contributed by atoms with E-state index in [0.29, 0.717) is 11.3 Å². The Kier molecular flexibility index (Phi) is 4.62. The molecule has 1 aromatic carbocycles. The maximum absolute atomic E-state index is 12.4. The third-order valence-electron chi connectivity index (χ3n) is 2.69. The number of nitrogens with zero attached hydrogens (tertiary/aromatic N) is 1. The molecule has 0 unspecified atom stereocenters. The van der Waals surface area contributed by atoms with Crippen LogP contribution in [0.3, 0.4) is 0 Å². The van der Waals surface area contributed by atoms with Crippen LogP contribution in [0.15, 0.2) is 37.9 Å². The summed E-state index contributed by atoms with van der Waals surface area (Å²) in [5, 5.41) is 8.85. The van der Waals surface area contributed by atoms with Crippen molar-refractivity contribution in [1.29, 1.82) is 0 Å². The third-order valence-corrected chi connectivity index (χ3v) is 5.03. The maximum atomic E-state index is 12.4. The Morgan fingerprint density at radius 2 is 1.80 bits per heavy atom. The van der Waals surface area contributed by atoms with Crippen molar-refractivity contribution in [2.75, 3.05) is 11.9 Å². The molecule has 7 heteroatoms. The van der Waals surface area contributed by atoms with Crippen molar-refractivity contribution in [2.45, 2.75) is 0 Å². The molecular weight excluding hydrogens is 410 g/mol. The number of hydrogen-bond donors (Lipinski definition) is 1. The summed E-state index contributed by atoms with van der Waals surface area (Å²) in [5.74, 6) is -1.16. The van der Waals surface area contributed by atoms with Crippen LogP contribution in [-0.4, -0.2) is 24.0 Å². The molecule has 0 spiro atoms. The fourth-order valence-electron chi connectivity index (χ4n) is 1.61. The molecule has 1 N–H and O–H groups in total. The van der Waals surface area contributed by atoms with E-state index >= 15 is 0 Å². The first-order valence-corrected chi connectivity index (χ1v) is 7.86. The summed E-state index contributed by atoms with van der Waals surface area (Å²) < 4.78 is 1.62. The summed E-state index contributed by atoms with van der Waals surface area (Å²) in [6.45, 7) is 0. The van der Waals surface area contributed by atoms with Crippen LogP contribution in [0.1, 0.15) is 20.7 Å². The van der Waals surface area contributed by atoms with Gasteiger partial charge in [0.2, 0.25) is 0 Å². The van der Waals surface area contributed by atoms with Crippen LogP contribution in [0.25, 0.3) is 0 Å². The van der Waals surface area contributed by atoms with Crippen LogP contribution < -0.4 is 4.90 Å². The standard InChI is InChI=1S/C13H9Br2NO3S/c1-16(8-4-2-7(3-5-8)13(18)19)12(17)9-6-10(14)20-11(9)15/h2-6H,1H3,(H,18,19). The molecule has 0 aliphatic heterocycles. The Balaban J connectivity index is 2.26. The van der Waals surface area contributed by atoms with Gasteiger partial charge < -0.3 is 10.0 Å². The Hall–Kier alpha value is -1.18. The summed E-state index contributed by atoms with van der Waals surface area (Å²) in [6.07, 6.45) is 0. The fourth-order valence-corrected chi connectivity index (χ4v) is 4.39. The van der Waals surface area contributed by atoms with Crippen LogP contribution in [0, 0.1) is 0 Å². The second kappa shape index (κ2) is 6.07. The number of benzene rings is 1. The Labute approximate surface area is 136 Å². The molecule has 2 aromatic rings. The van der Waals surface area contributed by atoms with Gasteiger partial charge in [0.05, 0.1) is 18.7 Å². The lowest BCUT2D eigenvalue weighted by atomic mass is 10.2. The van der Waals surface area contributed by atoms with Gasteiger partial charge in [-0.2, -0.15) is 0 Å². The summed E-state index contributed by atoms with van der Waals surface area (Å²) in [5.41, 5.74) is 1.38. The summed E-state index contributed by atoms with van der Waals surface area (Å²) in [4.78, 5) is 24.6. The minimum absolute atomic E-state index is 0.165. The minimum atomic E-state index is -0.991. The normalized spacial score (nSPS) is 10.3. The van der Waals surface area contributed by atoms with Crippen LogP contribution in [0.2, 0.25) is 0 Å². The van der Waals surface area contributed by atoms with Crippen molar-refractivity contribution in [3.05, 3.63) is 49.0 Å². The van der Waals surface area contributed by atoms with E-state index < -0.39 is 5.97 Å². The Bertz CT molecular complexity index is 667.